The normalized spacial score (nSPS) is 10.1. The van der Waals surface area contributed by atoms with Gasteiger partial charge >= 0.3 is 5.97 Å². The van der Waals surface area contributed by atoms with Crippen molar-refractivity contribution in [3.8, 4) is 22.5 Å². The molecule has 3 rings (SSSR count). The minimum atomic E-state index is -0.806. The van der Waals surface area contributed by atoms with E-state index in [9.17, 15) is 14.4 Å². The number of hydrogen-bond donors (Lipinski definition) is 3. The molecule has 0 unspecified atom stereocenters. The fourth-order valence-corrected chi connectivity index (χ4v) is 2.82. The first kappa shape index (κ1) is 21.3. The second-order valence-electron chi connectivity index (χ2n) is 6.41. The Morgan fingerprint density at radius 3 is 2.03 bits per heavy atom. The Bertz CT molecular complexity index is 1090. The van der Waals surface area contributed by atoms with Gasteiger partial charge in [0.05, 0.1) is 24.1 Å². The van der Waals surface area contributed by atoms with E-state index in [0.29, 0.717) is 11.4 Å². The molecule has 2 amide bonds. The van der Waals surface area contributed by atoms with Crippen LogP contribution in [0.5, 0.6) is 0 Å². The smallest absolute Gasteiger partial charge is 0.353 e. The van der Waals surface area contributed by atoms with Gasteiger partial charge in [0.25, 0.3) is 11.8 Å². The zero-order chi connectivity index (χ0) is 22.4. The number of methoxy groups -OCH3 is 1. The predicted octanol–water partition coefficient (Wildman–Crippen LogP) is 2.79. The van der Waals surface area contributed by atoms with Crippen LogP contribution in [-0.4, -0.2) is 35.1 Å². The van der Waals surface area contributed by atoms with Gasteiger partial charge in [0.1, 0.15) is 11.4 Å². The van der Waals surface area contributed by atoms with Gasteiger partial charge in [0.15, 0.2) is 0 Å². The molecule has 1 aromatic heterocycles. The first-order valence-corrected chi connectivity index (χ1v) is 9.20. The summed E-state index contributed by atoms with van der Waals surface area (Å²) in [6.07, 6.45) is 0. The molecule has 0 radical (unpaired) electrons. The van der Waals surface area contributed by atoms with Crippen LogP contribution in [0.15, 0.2) is 85.2 Å². The number of carbonyl (C=O) groups excluding carboxylic acids is 3. The van der Waals surface area contributed by atoms with Crippen molar-refractivity contribution in [2.75, 3.05) is 7.11 Å². The number of nitrogens with zero attached hydrogens (tertiary/aromatic N) is 1. The number of nitrogens with one attached hydrogen (secondary N) is 3. The van der Waals surface area contributed by atoms with Crippen LogP contribution >= 0.6 is 0 Å². The monoisotopic (exact) mass is 416 g/mol. The number of amides is 2. The highest BCUT2D eigenvalue weighted by molar-refractivity contribution is 6.10. The van der Waals surface area contributed by atoms with E-state index in [2.05, 4.69) is 38.7 Å². The van der Waals surface area contributed by atoms with Crippen LogP contribution in [0.1, 0.15) is 10.4 Å². The molecule has 8 heteroatoms. The fraction of sp³-hybridized carbons (Fsp3) is 0.0435. The number of esters is 1. The number of carbonyl (C=O) groups is 3. The maximum absolute atomic E-state index is 13.2. The molecule has 8 nitrogen and oxygen atoms in total. The molecular formula is C23H20N4O4. The first-order valence-electron chi connectivity index (χ1n) is 9.20. The van der Waals surface area contributed by atoms with Gasteiger partial charge in [-0.05, 0) is 0 Å². The third-order valence-electron chi connectivity index (χ3n) is 4.34. The summed E-state index contributed by atoms with van der Waals surface area (Å²) < 4.78 is 4.48. The molecule has 0 fully saturated rings. The SMILES string of the molecule is C=C(NC(=O)c1c(-c2ccccc2)n[nH]c1-c1ccccc1)C(=O)NC(=C)C(=O)OC. The van der Waals surface area contributed by atoms with Gasteiger partial charge in [0.2, 0.25) is 0 Å². The molecule has 0 bridgehead atoms. The van der Waals surface area contributed by atoms with Crippen molar-refractivity contribution in [2.45, 2.75) is 0 Å². The minimum Gasteiger partial charge on any atom is -0.464 e. The summed E-state index contributed by atoms with van der Waals surface area (Å²) in [6.45, 7) is 6.99. The highest BCUT2D eigenvalue weighted by Gasteiger charge is 2.24. The second kappa shape index (κ2) is 9.36. The summed E-state index contributed by atoms with van der Waals surface area (Å²) in [6, 6.07) is 18.4. The Hall–Kier alpha value is -4.46. The first-order chi connectivity index (χ1) is 14.9. The van der Waals surface area contributed by atoms with Crippen molar-refractivity contribution in [3.63, 3.8) is 0 Å². The molecule has 31 heavy (non-hydrogen) atoms. The lowest BCUT2D eigenvalue weighted by Crippen LogP contribution is -2.35. The highest BCUT2D eigenvalue weighted by atomic mass is 16.5. The molecule has 0 spiro atoms. The van der Waals surface area contributed by atoms with E-state index in [4.69, 9.17) is 0 Å². The number of H-pyrrole nitrogens is 1. The van der Waals surface area contributed by atoms with E-state index in [1.54, 1.807) is 0 Å². The average molecular weight is 416 g/mol. The second-order valence-corrected chi connectivity index (χ2v) is 6.41. The van der Waals surface area contributed by atoms with Crippen molar-refractivity contribution in [3.05, 3.63) is 90.8 Å². The number of aromatic amines is 1. The number of aromatic nitrogens is 2. The number of benzene rings is 2. The zero-order valence-corrected chi connectivity index (χ0v) is 16.8. The summed E-state index contributed by atoms with van der Waals surface area (Å²) >= 11 is 0. The van der Waals surface area contributed by atoms with Gasteiger partial charge in [-0.15, -0.1) is 0 Å². The zero-order valence-electron chi connectivity index (χ0n) is 16.8. The molecule has 0 saturated heterocycles. The van der Waals surface area contributed by atoms with Crippen molar-refractivity contribution < 1.29 is 19.1 Å². The van der Waals surface area contributed by atoms with Crippen molar-refractivity contribution in [1.29, 1.82) is 0 Å². The molecular weight excluding hydrogens is 396 g/mol. The van der Waals surface area contributed by atoms with Crippen molar-refractivity contribution in [1.82, 2.24) is 20.8 Å². The molecule has 0 aliphatic heterocycles. The minimum absolute atomic E-state index is 0.248. The lowest BCUT2D eigenvalue weighted by molar-refractivity contribution is -0.137. The lowest BCUT2D eigenvalue weighted by atomic mass is 10.0. The quantitative estimate of drug-likeness (QED) is 0.405. The van der Waals surface area contributed by atoms with Gasteiger partial charge in [-0.2, -0.15) is 5.10 Å². The number of hydrogen-bond acceptors (Lipinski definition) is 5. The summed E-state index contributed by atoms with van der Waals surface area (Å²) in [5, 5.41) is 11.9. The number of ether oxygens (including phenoxy) is 1. The maximum Gasteiger partial charge on any atom is 0.353 e. The Labute approximate surface area is 178 Å². The summed E-state index contributed by atoms with van der Waals surface area (Å²) in [7, 11) is 1.16. The third-order valence-corrected chi connectivity index (χ3v) is 4.34. The maximum atomic E-state index is 13.2. The molecule has 0 aliphatic rings. The molecule has 3 N–H and O–H groups in total. The van der Waals surface area contributed by atoms with Gasteiger partial charge in [-0.25, -0.2) is 4.79 Å². The summed E-state index contributed by atoms with van der Waals surface area (Å²) in [4.78, 5) is 36.8. The van der Waals surface area contributed by atoms with E-state index < -0.39 is 17.8 Å². The Kier molecular flexibility index (Phi) is 6.42. The molecule has 3 aromatic rings. The highest BCUT2D eigenvalue weighted by Crippen LogP contribution is 2.30. The molecule has 156 valence electrons. The predicted molar refractivity (Wildman–Crippen MR) is 115 cm³/mol. The third kappa shape index (κ3) is 4.76. The van der Waals surface area contributed by atoms with Crippen LogP contribution in [0.3, 0.4) is 0 Å². The fourth-order valence-electron chi connectivity index (χ4n) is 2.82. The van der Waals surface area contributed by atoms with Crippen molar-refractivity contribution in [2.24, 2.45) is 0 Å². The van der Waals surface area contributed by atoms with Crippen LogP contribution in [0.25, 0.3) is 22.5 Å². The van der Waals surface area contributed by atoms with Gasteiger partial charge < -0.3 is 15.4 Å². The molecule has 0 aliphatic carbocycles. The summed E-state index contributed by atoms with van der Waals surface area (Å²) in [5.41, 5.74) is 2.08. The average Bonchev–Trinajstić information content (AvgIpc) is 3.25. The van der Waals surface area contributed by atoms with Gasteiger partial charge in [0, 0.05) is 11.1 Å². The van der Waals surface area contributed by atoms with E-state index in [-0.39, 0.29) is 17.0 Å². The van der Waals surface area contributed by atoms with Gasteiger partial charge in [-0.1, -0.05) is 73.8 Å². The molecule has 2 aromatic carbocycles. The molecule has 0 saturated carbocycles. The number of rotatable bonds is 7. The van der Waals surface area contributed by atoms with Crippen LogP contribution < -0.4 is 10.6 Å². The molecule has 1 heterocycles. The van der Waals surface area contributed by atoms with Gasteiger partial charge in [-0.3, -0.25) is 14.7 Å². The Morgan fingerprint density at radius 2 is 1.45 bits per heavy atom. The van der Waals surface area contributed by atoms with E-state index >= 15 is 0 Å². The Morgan fingerprint density at radius 1 is 0.871 bits per heavy atom. The molecule has 0 atom stereocenters. The van der Waals surface area contributed by atoms with Crippen LogP contribution in [0, 0.1) is 0 Å². The Balaban J connectivity index is 1.91. The summed E-state index contributed by atoms with van der Waals surface area (Å²) in [5.74, 6) is -2.19. The topological polar surface area (TPSA) is 113 Å². The van der Waals surface area contributed by atoms with Crippen LogP contribution in [-0.2, 0) is 14.3 Å². The van der Waals surface area contributed by atoms with Crippen molar-refractivity contribution >= 4 is 17.8 Å². The van der Waals surface area contributed by atoms with E-state index in [0.717, 1.165) is 18.2 Å². The lowest BCUT2D eigenvalue weighted by Gasteiger charge is -2.11. The van der Waals surface area contributed by atoms with Crippen LogP contribution in [0.4, 0.5) is 0 Å². The largest absolute Gasteiger partial charge is 0.464 e. The van der Waals surface area contributed by atoms with Crippen LogP contribution in [0.2, 0.25) is 0 Å². The van der Waals surface area contributed by atoms with E-state index in [1.807, 2.05) is 60.7 Å². The standard InChI is InChI=1S/C23H20N4O4/c1-14(21(28)25-15(2)23(30)31-3)24-22(29)18-19(16-10-6-4-7-11-16)26-27-20(18)17-12-8-5-9-13-17/h4-13H,1-2H2,3H3,(H,24,29)(H,25,28)(H,26,27). The van der Waals surface area contributed by atoms with E-state index in [1.165, 1.54) is 0 Å².